The van der Waals surface area contributed by atoms with Crippen LogP contribution in [0.2, 0.25) is 5.02 Å². The summed E-state index contributed by atoms with van der Waals surface area (Å²) in [6.45, 7) is 2.90. The lowest BCUT2D eigenvalue weighted by Crippen LogP contribution is -2.50. The molecule has 0 aliphatic carbocycles. The molecule has 1 fully saturated rings. The minimum absolute atomic E-state index is 0.149. The molecule has 1 saturated heterocycles. The van der Waals surface area contributed by atoms with E-state index in [1.165, 1.54) is 0 Å². The summed E-state index contributed by atoms with van der Waals surface area (Å²) in [5.41, 5.74) is 5.31. The summed E-state index contributed by atoms with van der Waals surface area (Å²) in [6, 6.07) is 13.7. The number of piperidine rings is 1. The Kier molecular flexibility index (Phi) is 8.33. The molecule has 2 N–H and O–H groups in total. The van der Waals surface area contributed by atoms with E-state index in [1.54, 1.807) is 47.4 Å². The number of nitrogens with zero attached hydrogens (tertiary/aromatic N) is 1. The van der Waals surface area contributed by atoms with Crippen LogP contribution in [-0.4, -0.2) is 48.9 Å². The van der Waals surface area contributed by atoms with Crippen molar-refractivity contribution in [3.05, 3.63) is 59.1 Å². The van der Waals surface area contributed by atoms with Gasteiger partial charge >= 0.3 is 0 Å². The quantitative estimate of drug-likeness (QED) is 0.620. The van der Waals surface area contributed by atoms with E-state index >= 15 is 0 Å². The molecule has 1 heterocycles. The summed E-state index contributed by atoms with van der Waals surface area (Å²) in [5, 5.41) is 0.554. The molecule has 1 atom stereocenters. The van der Waals surface area contributed by atoms with Gasteiger partial charge in [-0.05, 0) is 56.2 Å². The van der Waals surface area contributed by atoms with Crippen molar-refractivity contribution in [3.8, 4) is 11.5 Å². The highest BCUT2D eigenvalue weighted by molar-refractivity contribution is 6.30. The van der Waals surface area contributed by atoms with E-state index < -0.39 is 11.8 Å². The van der Waals surface area contributed by atoms with Crippen LogP contribution in [0.3, 0.4) is 0 Å². The van der Waals surface area contributed by atoms with Gasteiger partial charge in [-0.25, -0.2) is 0 Å². The lowest BCUT2D eigenvalue weighted by molar-refractivity contribution is -0.132. The van der Waals surface area contributed by atoms with Gasteiger partial charge in [0.25, 0.3) is 11.8 Å². The highest BCUT2D eigenvalue weighted by Gasteiger charge is 2.29. The van der Waals surface area contributed by atoms with Crippen molar-refractivity contribution in [1.29, 1.82) is 0 Å². The Hall–Kier alpha value is -3.26. The molecule has 9 heteroatoms. The SMILES string of the molecule is CCOc1ccccc1OCC(=O)NNC(=O)C1CCCN(C(=O)c2ccc(Cl)cc2)C1. The molecule has 0 bridgehead atoms. The van der Waals surface area contributed by atoms with E-state index in [2.05, 4.69) is 10.9 Å². The van der Waals surface area contributed by atoms with Gasteiger partial charge in [0.05, 0.1) is 12.5 Å². The molecular weight excluding hydrogens is 434 g/mol. The highest BCUT2D eigenvalue weighted by Crippen LogP contribution is 2.26. The van der Waals surface area contributed by atoms with Crippen LogP contribution in [0.25, 0.3) is 0 Å². The average molecular weight is 460 g/mol. The van der Waals surface area contributed by atoms with Crippen molar-refractivity contribution in [3.63, 3.8) is 0 Å². The summed E-state index contributed by atoms with van der Waals surface area (Å²) in [6.07, 6.45) is 1.33. The number of halogens is 1. The van der Waals surface area contributed by atoms with Crippen LogP contribution in [0, 0.1) is 5.92 Å². The molecular formula is C23H26ClN3O5. The van der Waals surface area contributed by atoms with Crippen molar-refractivity contribution in [2.75, 3.05) is 26.3 Å². The third-order valence-electron chi connectivity index (χ3n) is 5.00. The van der Waals surface area contributed by atoms with E-state index in [0.717, 1.165) is 0 Å². The van der Waals surface area contributed by atoms with Crippen LogP contribution in [0.5, 0.6) is 11.5 Å². The number of hydrogen-bond acceptors (Lipinski definition) is 5. The smallest absolute Gasteiger partial charge is 0.276 e. The van der Waals surface area contributed by atoms with Gasteiger partial charge in [-0.2, -0.15) is 0 Å². The predicted octanol–water partition coefficient (Wildman–Crippen LogP) is 2.82. The summed E-state index contributed by atoms with van der Waals surface area (Å²) in [5.74, 6) is -0.431. The maximum atomic E-state index is 12.7. The minimum atomic E-state index is -0.505. The summed E-state index contributed by atoms with van der Waals surface area (Å²) < 4.78 is 10.9. The van der Waals surface area contributed by atoms with Gasteiger partial charge < -0.3 is 14.4 Å². The van der Waals surface area contributed by atoms with Crippen LogP contribution in [0.15, 0.2) is 48.5 Å². The van der Waals surface area contributed by atoms with Crippen molar-refractivity contribution in [2.45, 2.75) is 19.8 Å². The Morgan fingerprint density at radius 1 is 1.03 bits per heavy atom. The second-order valence-corrected chi connectivity index (χ2v) is 7.74. The molecule has 170 valence electrons. The third kappa shape index (κ3) is 6.37. The molecule has 2 aromatic carbocycles. The maximum absolute atomic E-state index is 12.7. The largest absolute Gasteiger partial charge is 0.490 e. The number of carbonyl (C=O) groups excluding carboxylic acids is 3. The number of hydrazine groups is 1. The summed E-state index contributed by atoms with van der Waals surface area (Å²) in [7, 11) is 0. The van der Waals surface area contributed by atoms with Gasteiger partial charge in [-0.1, -0.05) is 23.7 Å². The zero-order valence-electron chi connectivity index (χ0n) is 17.8. The lowest BCUT2D eigenvalue weighted by Gasteiger charge is -2.32. The Bertz CT molecular complexity index is 951. The molecule has 0 radical (unpaired) electrons. The second kappa shape index (κ2) is 11.4. The Balaban J connectivity index is 1.46. The Labute approximate surface area is 191 Å². The zero-order valence-corrected chi connectivity index (χ0v) is 18.6. The zero-order chi connectivity index (χ0) is 22.9. The fourth-order valence-electron chi connectivity index (χ4n) is 3.41. The van der Waals surface area contributed by atoms with E-state index in [1.807, 2.05) is 13.0 Å². The first-order chi connectivity index (χ1) is 15.5. The van der Waals surface area contributed by atoms with Gasteiger partial charge in [0.15, 0.2) is 18.1 Å². The van der Waals surface area contributed by atoms with Crippen molar-refractivity contribution >= 4 is 29.3 Å². The van der Waals surface area contributed by atoms with Gasteiger partial charge in [0.1, 0.15) is 0 Å². The third-order valence-corrected chi connectivity index (χ3v) is 5.26. The standard InChI is InChI=1S/C23H26ClN3O5/c1-2-31-19-7-3-4-8-20(19)32-15-21(28)25-26-22(29)17-6-5-13-27(14-17)23(30)16-9-11-18(24)12-10-16/h3-4,7-12,17H,2,5-6,13-15H2,1H3,(H,25,28)(H,26,29). The van der Waals surface area contributed by atoms with Gasteiger partial charge in [-0.15, -0.1) is 0 Å². The molecule has 1 unspecified atom stereocenters. The monoisotopic (exact) mass is 459 g/mol. The molecule has 1 aliphatic heterocycles. The highest BCUT2D eigenvalue weighted by atomic mass is 35.5. The van der Waals surface area contributed by atoms with Crippen molar-refractivity contribution in [1.82, 2.24) is 15.8 Å². The van der Waals surface area contributed by atoms with Crippen LogP contribution in [0.4, 0.5) is 0 Å². The Morgan fingerprint density at radius 2 is 1.72 bits per heavy atom. The fraction of sp³-hybridized carbons (Fsp3) is 0.348. The molecule has 0 spiro atoms. The van der Waals surface area contributed by atoms with E-state index in [4.69, 9.17) is 21.1 Å². The number of benzene rings is 2. The molecule has 0 saturated carbocycles. The van der Waals surface area contributed by atoms with E-state index in [9.17, 15) is 14.4 Å². The summed E-state index contributed by atoms with van der Waals surface area (Å²) in [4.78, 5) is 39.0. The molecule has 0 aromatic heterocycles. The molecule has 8 nitrogen and oxygen atoms in total. The number of para-hydroxylation sites is 2. The van der Waals surface area contributed by atoms with Crippen molar-refractivity contribution < 1.29 is 23.9 Å². The number of rotatable bonds is 7. The van der Waals surface area contributed by atoms with Gasteiger partial charge in [-0.3, -0.25) is 25.2 Å². The number of amides is 3. The number of nitrogens with one attached hydrogen (secondary N) is 2. The number of ether oxygens (including phenoxy) is 2. The maximum Gasteiger partial charge on any atom is 0.276 e. The Morgan fingerprint density at radius 3 is 2.41 bits per heavy atom. The topological polar surface area (TPSA) is 97.0 Å². The normalized spacial score (nSPS) is 15.6. The first-order valence-corrected chi connectivity index (χ1v) is 10.8. The predicted molar refractivity (Wildman–Crippen MR) is 119 cm³/mol. The van der Waals surface area contributed by atoms with Gasteiger partial charge in [0, 0.05) is 23.7 Å². The number of carbonyl (C=O) groups is 3. The van der Waals surface area contributed by atoms with Crippen LogP contribution in [0.1, 0.15) is 30.1 Å². The van der Waals surface area contributed by atoms with Crippen molar-refractivity contribution in [2.24, 2.45) is 5.92 Å². The molecule has 3 rings (SSSR count). The fourth-order valence-corrected chi connectivity index (χ4v) is 3.53. The van der Waals surface area contributed by atoms with Crippen LogP contribution < -0.4 is 20.3 Å². The molecule has 2 aromatic rings. The van der Waals surface area contributed by atoms with Gasteiger partial charge in [0.2, 0.25) is 5.91 Å². The van der Waals surface area contributed by atoms with E-state index in [-0.39, 0.29) is 25.0 Å². The number of hydrogen-bond donors (Lipinski definition) is 2. The van der Waals surface area contributed by atoms with Crippen LogP contribution in [-0.2, 0) is 9.59 Å². The molecule has 1 aliphatic rings. The minimum Gasteiger partial charge on any atom is -0.490 e. The second-order valence-electron chi connectivity index (χ2n) is 7.30. The van der Waals surface area contributed by atoms with E-state index in [0.29, 0.717) is 48.1 Å². The first kappa shape index (κ1) is 23.4. The molecule has 3 amide bonds. The average Bonchev–Trinajstić information content (AvgIpc) is 2.82. The molecule has 32 heavy (non-hydrogen) atoms. The first-order valence-electron chi connectivity index (χ1n) is 10.5. The number of likely N-dealkylation sites (tertiary alicyclic amines) is 1. The summed E-state index contributed by atoms with van der Waals surface area (Å²) >= 11 is 5.88. The van der Waals surface area contributed by atoms with Crippen LogP contribution >= 0.6 is 11.6 Å². The lowest BCUT2D eigenvalue weighted by atomic mass is 9.96.